The zero-order chi connectivity index (χ0) is 13.7. The zero-order valence-corrected chi connectivity index (χ0v) is 11.8. The summed E-state index contributed by atoms with van der Waals surface area (Å²) in [5.41, 5.74) is 0.939. The van der Waals surface area contributed by atoms with Crippen LogP contribution in [0.4, 0.5) is 0 Å². The summed E-state index contributed by atoms with van der Waals surface area (Å²) in [4.78, 5) is 14.7. The third-order valence-electron chi connectivity index (χ3n) is 4.77. The molecule has 1 saturated heterocycles. The molecule has 2 atom stereocenters. The number of amides is 1. The summed E-state index contributed by atoms with van der Waals surface area (Å²) >= 11 is 0. The van der Waals surface area contributed by atoms with Gasteiger partial charge in [-0.25, -0.2) is 0 Å². The minimum Gasteiger partial charge on any atom is -0.351 e. The molecule has 108 valence electrons. The smallest absolute Gasteiger partial charge is 0.290 e. The van der Waals surface area contributed by atoms with Gasteiger partial charge in [0.05, 0.1) is 5.69 Å². The van der Waals surface area contributed by atoms with Crippen molar-refractivity contribution in [2.24, 2.45) is 5.92 Å². The van der Waals surface area contributed by atoms with Gasteiger partial charge in [-0.1, -0.05) is 12.1 Å². The molecule has 0 unspecified atom stereocenters. The van der Waals surface area contributed by atoms with Crippen LogP contribution < -0.4 is 5.32 Å². The first-order valence-corrected chi connectivity index (χ1v) is 7.72. The van der Waals surface area contributed by atoms with E-state index in [1.807, 2.05) is 6.07 Å². The predicted octanol–water partition coefficient (Wildman–Crippen LogP) is 1.76. The lowest BCUT2D eigenvalue weighted by Gasteiger charge is -2.15. The molecule has 4 rings (SSSR count). The second kappa shape index (κ2) is 4.58. The molecule has 2 aliphatic carbocycles. The van der Waals surface area contributed by atoms with E-state index in [2.05, 4.69) is 22.3 Å². The summed E-state index contributed by atoms with van der Waals surface area (Å²) in [5.74, 6) is 1.28. The summed E-state index contributed by atoms with van der Waals surface area (Å²) in [6, 6.07) is 2.81. The molecule has 2 heterocycles. The van der Waals surface area contributed by atoms with Gasteiger partial charge in [-0.05, 0) is 31.6 Å². The fourth-order valence-electron chi connectivity index (χ4n) is 3.14. The standard InChI is InChI=1S/C15H21N3O2/c1-9-7-18(11-4-5-11)8-13(9)16-15(19)14-6-12(17-20-14)10-2-3-10/h6,9-11,13H,2-5,7-8H2,1H3,(H,16,19)/t9-,13+/m0/s1. The van der Waals surface area contributed by atoms with Crippen LogP contribution in [-0.4, -0.2) is 41.1 Å². The van der Waals surface area contributed by atoms with E-state index in [0.717, 1.165) is 24.8 Å². The Kier molecular flexibility index (Phi) is 2.84. The van der Waals surface area contributed by atoms with Crippen molar-refractivity contribution in [3.05, 3.63) is 17.5 Å². The van der Waals surface area contributed by atoms with E-state index in [1.165, 1.54) is 25.7 Å². The second-order valence-electron chi connectivity index (χ2n) is 6.63. The molecule has 2 saturated carbocycles. The summed E-state index contributed by atoms with van der Waals surface area (Å²) in [6.07, 6.45) is 4.98. The number of nitrogens with one attached hydrogen (secondary N) is 1. The first kappa shape index (κ1) is 12.4. The summed E-state index contributed by atoms with van der Waals surface area (Å²) in [5, 5.41) is 7.12. The lowest BCUT2D eigenvalue weighted by molar-refractivity contribution is 0.0893. The number of hydrogen-bond donors (Lipinski definition) is 1. The van der Waals surface area contributed by atoms with E-state index in [9.17, 15) is 4.79 Å². The highest BCUT2D eigenvalue weighted by Gasteiger charge is 2.39. The number of carbonyl (C=O) groups excluding carboxylic acids is 1. The van der Waals surface area contributed by atoms with Crippen LogP contribution in [0.5, 0.6) is 0 Å². The van der Waals surface area contributed by atoms with Gasteiger partial charge in [0.1, 0.15) is 0 Å². The molecule has 5 heteroatoms. The fourth-order valence-corrected chi connectivity index (χ4v) is 3.14. The normalized spacial score (nSPS) is 30.6. The number of hydrogen-bond acceptors (Lipinski definition) is 4. The van der Waals surface area contributed by atoms with E-state index in [-0.39, 0.29) is 11.9 Å². The molecule has 3 fully saturated rings. The zero-order valence-electron chi connectivity index (χ0n) is 11.8. The van der Waals surface area contributed by atoms with Crippen molar-refractivity contribution in [2.45, 2.75) is 50.6 Å². The average molecular weight is 275 g/mol. The van der Waals surface area contributed by atoms with E-state index in [4.69, 9.17) is 4.52 Å². The van der Waals surface area contributed by atoms with Crippen LogP contribution in [0.25, 0.3) is 0 Å². The predicted molar refractivity (Wildman–Crippen MR) is 73.5 cm³/mol. The van der Waals surface area contributed by atoms with Crippen LogP contribution in [0.1, 0.15) is 54.8 Å². The SMILES string of the molecule is C[C@H]1CN(C2CC2)C[C@H]1NC(=O)c1cc(C2CC2)no1. The number of aromatic nitrogens is 1. The highest BCUT2D eigenvalue weighted by molar-refractivity contribution is 5.91. The topological polar surface area (TPSA) is 58.4 Å². The average Bonchev–Trinajstić information content (AvgIpc) is 3.36. The highest BCUT2D eigenvalue weighted by atomic mass is 16.5. The van der Waals surface area contributed by atoms with Crippen molar-refractivity contribution < 1.29 is 9.32 Å². The lowest BCUT2D eigenvalue weighted by atomic mass is 10.1. The van der Waals surface area contributed by atoms with E-state index >= 15 is 0 Å². The van der Waals surface area contributed by atoms with Gasteiger partial charge in [0, 0.05) is 37.2 Å². The molecule has 0 aromatic carbocycles. The number of nitrogens with zero attached hydrogens (tertiary/aromatic N) is 2. The fraction of sp³-hybridized carbons (Fsp3) is 0.733. The minimum atomic E-state index is -0.112. The maximum absolute atomic E-state index is 12.2. The molecule has 5 nitrogen and oxygen atoms in total. The summed E-state index contributed by atoms with van der Waals surface area (Å²) in [6.45, 7) is 4.28. The van der Waals surface area contributed by atoms with Crippen LogP contribution >= 0.6 is 0 Å². The lowest BCUT2D eigenvalue weighted by Crippen LogP contribution is -2.39. The maximum atomic E-state index is 12.2. The third-order valence-corrected chi connectivity index (χ3v) is 4.77. The molecule has 20 heavy (non-hydrogen) atoms. The van der Waals surface area contributed by atoms with Gasteiger partial charge in [0.25, 0.3) is 5.91 Å². The van der Waals surface area contributed by atoms with Crippen LogP contribution in [0.3, 0.4) is 0 Å². The Balaban J connectivity index is 1.38. The largest absolute Gasteiger partial charge is 0.351 e. The number of likely N-dealkylation sites (tertiary alicyclic amines) is 1. The molecule has 1 amide bonds. The van der Waals surface area contributed by atoms with Crippen molar-refractivity contribution in [3.63, 3.8) is 0 Å². The molecule has 0 spiro atoms. The summed E-state index contributed by atoms with van der Waals surface area (Å²) < 4.78 is 5.18. The molecule has 0 radical (unpaired) electrons. The quantitative estimate of drug-likeness (QED) is 0.909. The second-order valence-corrected chi connectivity index (χ2v) is 6.63. The summed E-state index contributed by atoms with van der Waals surface area (Å²) in [7, 11) is 0. The van der Waals surface area contributed by atoms with Crippen molar-refractivity contribution in [2.75, 3.05) is 13.1 Å². The van der Waals surface area contributed by atoms with Crippen LogP contribution in [-0.2, 0) is 0 Å². The van der Waals surface area contributed by atoms with Crippen LogP contribution in [0.15, 0.2) is 10.6 Å². The molecular weight excluding hydrogens is 254 g/mol. The van der Waals surface area contributed by atoms with Gasteiger partial charge in [0.15, 0.2) is 0 Å². The van der Waals surface area contributed by atoms with Crippen molar-refractivity contribution >= 4 is 5.91 Å². The molecule has 1 aromatic rings. The van der Waals surface area contributed by atoms with Crippen molar-refractivity contribution in [1.29, 1.82) is 0 Å². The first-order chi connectivity index (χ1) is 9.70. The van der Waals surface area contributed by atoms with Gasteiger partial charge in [-0.2, -0.15) is 0 Å². The Morgan fingerprint density at radius 3 is 2.85 bits per heavy atom. The third kappa shape index (κ3) is 2.35. The highest BCUT2D eigenvalue weighted by Crippen LogP contribution is 2.39. The number of rotatable bonds is 4. The molecule has 3 aliphatic rings. The molecule has 1 N–H and O–H groups in total. The van der Waals surface area contributed by atoms with Gasteiger partial charge in [-0.3, -0.25) is 9.69 Å². The van der Waals surface area contributed by atoms with Gasteiger partial charge in [0.2, 0.25) is 5.76 Å². The Morgan fingerprint density at radius 2 is 2.15 bits per heavy atom. The van der Waals surface area contributed by atoms with E-state index in [0.29, 0.717) is 17.6 Å². The van der Waals surface area contributed by atoms with E-state index in [1.54, 1.807) is 0 Å². The number of carbonyl (C=O) groups is 1. The Hall–Kier alpha value is -1.36. The van der Waals surface area contributed by atoms with Gasteiger partial charge >= 0.3 is 0 Å². The van der Waals surface area contributed by atoms with Crippen LogP contribution in [0.2, 0.25) is 0 Å². The minimum absolute atomic E-state index is 0.112. The Labute approximate surface area is 118 Å². The van der Waals surface area contributed by atoms with E-state index < -0.39 is 0 Å². The van der Waals surface area contributed by atoms with Crippen molar-refractivity contribution in [3.8, 4) is 0 Å². The van der Waals surface area contributed by atoms with Gasteiger partial charge in [-0.15, -0.1) is 0 Å². The first-order valence-electron chi connectivity index (χ1n) is 7.72. The monoisotopic (exact) mass is 275 g/mol. The molecule has 1 aliphatic heterocycles. The molecule has 0 bridgehead atoms. The van der Waals surface area contributed by atoms with Crippen molar-refractivity contribution in [1.82, 2.24) is 15.4 Å². The molecular formula is C15H21N3O2. The Bertz CT molecular complexity index is 519. The van der Waals surface area contributed by atoms with Crippen LogP contribution in [0, 0.1) is 5.92 Å². The Morgan fingerprint density at radius 1 is 1.35 bits per heavy atom. The van der Waals surface area contributed by atoms with Gasteiger partial charge < -0.3 is 9.84 Å². The maximum Gasteiger partial charge on any atom is 0.290 e. The molecule has 1 aromatic heterocycles.